The van der Waals surface area contributed by atoms with Crippen LogP contribution < -0.4 is 15.5 Å². The highest BCUT2D eigenvalue weighted by atomic mass is 16.1. The maximum absolute atomic E-state index is 12.4. The van der Waals surface area contributed by atoms with Crippen molar-refractivity contribution in [1.82, 2.24) is 9.97 Å². The summed E-state index contributed by atoms with van der Waals surface area (Å²) in [6, 6.07) is 16.3. The number of nitrogens with zero attached hydrogens (tertiary/aromatic N) is 3. The summed E-state index contributed by atoms with van der Waals surface area (Å²) in [5.41, 5.74) is 4.63. The molecule has 4 rings (SSSR count). The van der Waals surface area contributed by atoms with Crippen molar-refractivity contribution in [2.24, 2.45) is 0 Å². The highest BCUT2D eigenvalue weighted by molar-refractivity contribution is 6.02. The maximum Gasteiger partial charge on any atom is 0.275 e. The van der Waals surface area contributed by atoms with Gasteiger partial charge in [0, 0.05) is 31.0 Å². The molecule has 6 nitrogen and oxygen atoms in total. The molecule has 0 radical (unpaired) electrons. The molecule has 2 aromatic carbocycles. The number of hydrogen-bond acceptors (Lipinski definition) is 5. The predicted octanol–water partition coefficient (Wildman–Crippen LogP) is 4.25. The molecule has 0 unspecified atom stereocenters. The predicted molar refractivity (Wildman–Crippen MR) is 116 cm³/mol. The van der Waals surface area contributed by atoms with Gasteiger partial charge in [-0.1, -0.05) is 29.8 Å². The van der Waals surface area contributed by atoms with Crippen LogP contribution in [0.4, 0.5) is 17.2 Å². The zero-order valence-corrected chi connectivity index (χ0v) is 16.6. The fourth-order valence-electron chi connectivity index (χ4n) is 3.36. The van der Waals surface area contributed by atoms with Gasteiger partial charge in [-0.3, -0.25) is 4.79 Å². The summed E-state index contributed by atoms with van der Waals surface area (Å²) in [5.74, 6) is 0.369. The second kappa shape index (κ2) is 8.73. The largest absolute Gasteiger partial charge is 0.372 e. The lowest BCUT2D eigenvalue weighted by Gasteiger charge is -2.17. The van der Waals surface area contributed by atoms with Crippen molar-refractivity contribution in [3.63, 3.8) is 0 Å². The van der Waals surface area contributed by atoms with Gasteiger partial charge < -0.3 is 15.5 Å². The van der Waals surface area contributed by atoms with Gasteiger partial charge in [-0.15, -0.1) is 0 Å². The van der Waals surface area contributed by atoms with Crippen LogP contribution in [0.5, 0.6) is 0 Å². The lowest BCUT2D eigenvalue weighted by molar-refractivity contribution is 0.102. The zero-order chi connectivity index (χ0) is 20.1. The number of benzene rings is 2. The lowest BCUT2D eigenvalue weighted by atomic mass is 10.1. The molecule has 1 amide bonds. The SMILES string of the molecule is Cc1ccc(CNc2cnc(C(=O)Nc3ccc(N4CCCC4)cc3)cn2)cc1. The topological polar surface area (TPSA) is 70.2 Å². The Morgan fingerprint density at radius 2 is 1.69 bits per heavy atom. The lowest BCUT2D eigenvalue weighted by Crippen LogP contribution is -2.18. The molecule has 2 N–H and O–H groups in total. The van der Waals surface area contributed by atoms with E-state index in [-0.39, 0.29) is 11.6 Å². The molecule has 0 atom stereocenters. The molecule has 1 aliphatic heterocycles. The monoisotopic (exact) mass is 387 g/mol. The first-order chi connectivity index (χ1) is 14.2. The highest BCUT2D eigenvalue weighted by Crippen LogP contribution is 2.22. The van der Waals surface area contributed by atoms with Gasteiger partial charge in [0.05, 0.1) is 12.4 Å². The summed E-state index contributed by atoms with van der Waals surface area (Å²) >= 11 is 0. The van der Waals surface area contributed by atoms with Crippen molar-refractivity contribution in [3.8, 4) is 0 Å². The van der Waals surface area contributed by atoms with Gasteiger partial charge in [-0.2, -0.15) is 0 Å². The number of anilines is 3. The van der Waals surface area contributed by atoms with Gasteiger partial charge in [0.2, 0.25) is 0 Å². The van der Waals surface area contributed by atoms with Crippen LogP contribution >= 0.6 is 0 Å². The Morgan fingerprint density at radius 1 is 0.966 bits per heavy atom. The number of aromatic nitrogens is 2. The van der Waals surface area contributed by atoms with E-state index in [2.05, 4.69) is 56.7 Å². The van der Waals surface area contributed by atoms with E-state index in [1.807, 2.05) is 24.3 Å². The molecule has 1 aromatic heterocycles. The number of rotatable bonds is 6. The minimum atomic E-state index is -0.267. The average Bonchev–Trinajstić information content (AvgIpc) is 3.29. The molecule has 0 spiro atoms. The molecule has 6 heteroatoms. The molecule has 1 saturated heterocycles. The van der Waals surface area contributed by atoms with E-state index in [4.69, 9.17) is 0 Å². The second-order valence-corrected chi connectivity index (χ2v) is 7.32. The summed E-state index contributed by atoms with van der Waals surface area (Å²) in [6.45, 7) is 4.93. The van der Waals surface area contributed by atoms with Gasteiger partial charge in [-0.25, -0.2) is 9.97 Å². The first-order valence-corrected chi connectivity index (χ1v) is 9.95. The third-order valence-corrected chi connectivity index (χ3v) is 5.08. The number of carbonyl (C=O) groups excluding carboxylic acids is 1. The van der Waals surface area contributed by atoms with E-state index in [1.54, 1.807) is 6.20 Å². The Bertz CT molecular complexity index is 946. The van der Waals surface area contributed by atoms with Crippen LogP contribution in [0.25, 0.3) is 0 Å². The average molecular weight is 387 g/mol. The zero-order valence-electron chi connectivity index (χ0n) is 16.6. The van der Waals surface area contributed by atoms with Crippen LogP contribution in [0.15, 0.2) is 60.9 Å². The Morgan fingerprint density at radius 3 is 2.34 bits per heavy atom. The minimum Gasteiger partial charge on any atom is -0.372 e. The van der Waals surface area contributed by atoms with Crippen molar-refractivity contribution in [1.29, 1.82) is 0 Å². The molecule has 0 aliphatic carbocycles. The Kier molecular flexibility index (Phi) is 5.70. The summed E-state index contributed by atoms with van der Waals surface area (Å²) < 4.78 is 0. The van der Waals surface area contributed by atoms with Gasteiger partial charge in [0.1, 0.15) is 11.5 Å². The third-order valence-electron chi connectivity index (χ3n) is 5.08. The molecule has 29 heavy (non-hydrogen) atoms. The smallest absolute Gasteiger partial charge is 0.275 e. The van der Waals surface area contributed by atoms with E-state index < -0.39 is 0 Å². The van der Waals surface area contributed by atoms with E-state index in [0.717, 1.165) is 24.3 Å². The van der Waals surface area contributed by atoms with E-state index in [9.17, 15) is 4.79 Å². The summed E-state index contributed by atoms with van der Waals surface area (Å²) in [7, 11) is 0. The molecule has 1 fully saturated rings. The highest BCUT2D eigenvalue weighted by Gasteiger charge is 2.13. The summed E-state index contributed by atoms with van der Waals surface area (Å²) in [6.07, 6.45) is 5.56. The van der Waals surface area contributed by atoms with Crippen LogP contribution in [-0.2, 0) is 6.54 Å². The summed E-state index contributed by atoms with van der Waals surface area (Å²) in [5, 5.41) is 6.10. The molecular formula is C23H25N5O. The number of hydrogen-bond donors (Lipinski definition) is 2. The van der Waals surface area contributed by atoms with Gasteiger partial charge >= 0.3 is 0 Å². The first-order valence-electron chi connectivity index (χ1n) is 9.95. The fraction of sp³-hybridized carbons (Fsp3) is 0.261. The second-order valence-electron chi connectivity index (χ2n) is 7.32. The van der Waals surface area contributed by atoms with Crippen molar-refractivity contribution < 1.29 is 4.79 Å². The number of amides is 1. The Labute approximate surface area is 171 Å². The molecule has 0 bridgehead atoms. The van der Waals surface area contributed by atoms with Crippen LogP contribution in [0.3, 0.4) is 0 Å². The van der Waals surface area contributed by atoms with Crippen molar-refractivity contribution in [2.45, 2.75) is 26.3 Å². The standard InChI is InChI=1S/C23H25N5O/c1-17-4-6-18(7-5-17)14-25-22-16-24-21(15-26-22)23(29)27-19-8-10-20(11-9-19)28-12-2-3-13-28/h4-11,15-16H,2-3,12-14H2,1H3,(H,25,26)(H,27,29). The maximum atomic E-state index is 12.4. The normalized spacial score (nSPS) is 13.3. The van der Waals surface area contributed by atoms with Crippen molar-refractivity contribution in [2.75, 3.05) is 28.6 Å². The van der Waals surface area contributed by atoms with Crippen LogP contribution in [0.2, 0.25) is 0 Å². The van der Waals surface area contributed by atoms with Crippen LogP contribution in [0, 0.1) is 6.92 Å². The number of aryl methyl sites for hydroxylation is 1. The molecule has 2 heterocycles. The Balaban J connectivity index is 1.32. The Hall–Kier alpha value is -3.41. The van der Waals surface area contributed by atoms with Crippen molar-refractivity contribution >= 4 is 23.1 Å². The van der Waals surface area contributed by atoms with Gasteiger partial charge in [0.15, 0.2) is 0 Å². The van der Waals surface area contributed by atoms with E-state index in [0.29, 0.717) is 12.4 Å². The van der Waals surface area contributed by atoms with E-state index in [1.165, 1.54) is 30.3 Å². The van der Waals surface area contributed by atoms with Crippen LogP contribution in [-0.4, -0.2) is 29.0 Å². The molecule has 3 aromatic rings. The van der Waals surface area contributed by atoms with Crippen LogP contribution in [0.1, 0.15) is 34.5 Å². The van der Waals surface area contributed by atoms with Gasteiger partial charge in [0.25, 0.3) is 5.91 Å². The number of carbonyl (C=O) groups is 1. The molecule has 0 saturated carbocycles. The molecule has 1 aliphatic rings. The first kappa shape index (κ1) is 18.9. The quantitative estimate of drug-likeness (QED) is 0.662. The minimum absolute atomic E-state index is 0.267. The third kappa shape index (κ3) is 4.90. The molecule has 148 valence electrons. The van der Waals surface area contributed by atoms with E-state index >= 15 is 0 Å². The van der Waals surface area contributed by atoms with Gasteiger partial charge in [-0.05, 0) is 49.6 Å². The fourth-order valence-corrected chi connectivity index (χ4v) is 3.36. The molecular weight excluding hydrogens is 362 g/mol. The number of nitrogens with one attached hydrogen (secondary N) is 2. The summed E-state index contributed by atoms with van der Waals surface area (Å²) in [4.78, 5) is 23.3. The van der Waals surface area contributed by atoms with Crippen molar-refractivity contribution in [3.05, 3.63) is 77.7 Å².